The highest BCUT2D eigenvalue weighted by molar-refractivity contribution is 5.91. The van der Waals surface area contributed by atoms with Gasteiger partial charge in [0.1, 0.15) is 5.75 Å². The van der Waals surface area contributed by atoms with Gasteiger partial charge in [0.05, 0.1) is 0 Å². The summed E-state index contributed by atoms with van der Waals surface area (Å²) < 4.78 is 0. The van der Waals surface area contributed by atoms with Gasteiger partial charge in [-0.05, 0) is 82.2 Å². The van der Waals surface area contributed by atoms with E-state index in [2.05, 4.69) is 16.0 Å². The van der Waals surface area contributed by atoms with Crippen molar-refractivity contribution >= 4 is 24.4 Å². The van der Waals surface area contributed by atoms with E-state index in [0.29, 0.717) is 6.54 Å². The summed E-state index contributed by atoms with van der Waals surface area (Å²) in [6.07, 6.45) is 7.50. The topological polar surface area (TPSA) is 99.4 Å². The third kappa shape index (κ3) is 13.7. The van der Waals surface area contributed by atoms with Crippen LogP contribution in [0.25, 0.3) is 6.08 Å². The van der Waals surface area contributed by atoms with Gasteiger partial charge in [0.15, 0.2) is 0 Å². The number of aromatic hydroxyl groups is 1. The zero-order valence-corrected chi connectivity index (χ0v) is 16.2. The average molecular weight is 385 g/mol. The standard InChI is InChI=1S/C19H32N4O2.ClH/c20-11-3-14-21-12-1-2-13-22-15-4-16-23-19(25)10-7-17-5-8-18(24)9-6-17;/h5-10,21-22,24H,1-4,11-16,20H2,(H,23,25);1H/b10-7+;. The van der Waals surface area contributed by atoms with Gasteiger partial charge < -0.3 is 26.8 Å². The van der Waals surface area contributed by atoms with Crippen LogP contribution in [0.4, 0.5) is 0 Å². The highest BCUT2D eigenvalue weighted by Gasteiger charge is 1.96. The Kier molecular flexibility index (Phi) is 15.8. The smallest absolute Gasteiger partial charge is 0.243 e. The van der Waals surface area contributed by atoms with E-state index >= 15 is 0 Å². The van der Waals surface area contributed by atoms with Crippen molar-refractivity contribution in [3.8, 4) is 5.75 Å². The Morgan fingerprint density at radius 2 is 1.50 bits per heavy atom. The van der Waals surface area contributed by atoms with Gasteiger partial charge in [-0.3, -0.25) is 4.79 Å². The lowest BCUT2D eigenvalue weighted by atomic mass is 10.2. The van der Waals surface area contributed by atoms with Crippen LogP contribution in [0.3, 0.4) is 0 Å². The molecule has 0 saturated heterocycles. The normalized spacial score (nSPS) is 10.7. The van der Waals surface area contributed by atoms with Gasteiger partial charge in [-0.25, -0.2) is 0 Å². The molecular weight excluding hydrogens is 352 g/mol. The van der Waals surface area contributed by atoms with Crippen LogP contribution in [0.15, 0.2) is 30.3 Å². The van der Waals surface area contributed by atoms with Crippen LogP contribution in [0.1, 0.15) is 31.2 Å². The van der Waals surface area contributed by atoms with Gasteiger partial charge >= 0.3 is 0 Å². The molecule has 6 nitrogen and oxygen atoms in total. The van der Waals surface area contributed by atoms with E-state index < -0.39 is 0 Å². The van der Waals surface area contributed by atoms with Crippen molar-refractivity contribution in [1.82, 2.24) is 16.0 Å². The first-order valence-electron chi connectivity index (χ1n) is 9.09. The quantitative estimate of drug-likeness (QED) is 0.248. The molecule has 6 N–H and O–H groups in total. The predicted molar refractivity (Wildman–Crippen MR) is 111 cm³/mol. The highest BCUT2D eigenvalue weighted by Crippen LogP contribution is 2.10. The van der Waals surface area contributed by atoms with Crippen molar-refractivity contribution in [2.75, 3.05) is 39.3 Å². The van der Waals surface area contributed by atoms with E-state index in [1.54, 1.807) is 30.3 Å². The molecule has 0 unspecified atom stereocenters. The molecular formula is C19H33ClN4O2. The summed E-state index contributed by atoms with van der Waals surface area (Å²) in [7, 11) is 0. The highest BCUT2D eigenvalue weighted by atomic mass is 35.5. The Hall–Kier alpha value is -1.60. The molecule has 0 aliphatic carbocycles. The number of nitrogens with one attached hydrogen (secondary N) is 3. The van der Waals surface area contributed by atoms with Crippen molar-refractivity contribution in [1.29, 1.82) is 0 Å². The van der Waals surface area contributed by atoms with Crippen LogP contribution in [-0.4, -0.2) is 50.3 Å². The number of amides is 1. The average Bonchev–Trinajstić information content (AvgIpc) is 2.62. The third-order valence-electron chi connectivity index (χ3n) is 3.66. The molecule has 0 aromatic heterocycles. The fourth-order valence-electron chi connectivity index (χ4n) is 2.22. The second kappa shape index (κ2) is 16.8. The molecule has 0 radical (unpaired) electrons. The minimum atomic E-state index is -0.100. The monoisotopic (exact) mass is 384 g/mol. The molecule has 0 aliphatic rings. The third-order valence-corrected chi connectivity index (χ3v) is 3.66. The van der Waals surface area contributed by atoms with E-state index in [-0.39, 0.29) is 24.1 Å². The number of phenols is 1. The SMILES string of the molecule is Cl.NCCCNCCCCNCCCNC(=O)/C=C/c1ccc(O)cc1. The number of hydrogen-bond donors (Lipinski definition) is 5. The Bertz CT molecular complexity index is 495. The van der Waals surface area contributed by atoms with Crippen molar-refractivity contribution in [3.05, 3.63) is 35.9 Å². The second-order valence-electron chi connectivity index (χ2n) is 5.92. The van der Waals surface area contributed by atoms with E-state index in [0.717, 1.165) is 64.0 Å². The summed E-state index contributed by atoms with van der Waals surface area (Å²) in [4.78, 5) is 11.7. The van der Waals surface area contributed by atoms with Crippen LogP contribution in [-0.2, 0) is 4.79 Å². The molecule has 1 rings (SSSR count). The van der Waals surface area contributed by atoms with Gasteiger partial charge in [-0.1, -0.05) is 12.1 Å². The van der Waals surface area contributed by atoms with E-state index in [9.17, 15) is 9.90 Å². The molecule has 0 atom stereocenters. The van der Waals surface area contributed by atoms with E-state index in [4.69, 9.17) is 5.73 Å². The predicted octanol–water partition coefficient (Wildman–Crippen LogP) is 1.64. The second-order valence-corrected chi connectivity index (χ2v) is 5.92. The fourth-order valence-corrected chi connectivity index (χ4v) is 2.22. The van der Waals surface area contributed by atoms with Crippen molar-refractivity contribution < 1.29 is 9.90 Å². The summed E-state index contributed by atoms with van der Waals surface area (Å²) in [5.41, 5.74) is 6.31. The minimum Gasteiger partial charge on any atom is -0.508 e. The summed E-state index contributed by atoms with van der Waals surface area (Å²) >= 11 is 0. The van der Waals surface area contributed by atoms with Gasteiger partial charge in [0.2, 0.25) is 5.91 Å². The molecule has 1 amide bonds. The van der Waals surface area contributed by atoms with Gasteiger partial charge in [-0.2, -0.15) is 0 Å². The van der Waals surface area contributed by atoms with Crippen LogP contribution < -0.4 is 21.7 Å². The number of unbranched alkanes of at least 4 members (excludes halogenated alkanes) is 1. The van der Waals surface area contributed by atoms with Crippen LogP contribution >= 0.6 is 12.4 Å². The summed E-state index contributed by atoms with van der Waals surface area (Å²) in [6.45, 7) is 5.37. The Morgan fingerprint density at radius 3 is 2.12 bits per heavy atom. The van der Waals surface area contributed by atoms with Crippen molar-refractivity contribution in [2.24, 2.45) is 5.73 Å². The largest absolute Gasteiger partial charge is 0.508 e. The molecule has 7 heteroatoms. The molecule has 1 aromatic carbocycles. The van der Waals surface area contributed by atoms with E-state index in [1.807, 2.05) is 0 Å². The zero-order valence-electron chi connectivity index (χ0n) is 15.4. The molecule has 0 spiro atoms. The first kappa shape index (κ1) is 24.4. The first-order chi connectivity index (χ1) is 12.2. The molecule has 148 valence electrons. The maximum Gasteiger partial charge on any atom is 0.243 e. The van der Waals surface area contributed by atoms with Gasteiger partial charge in [0.25, 0.3) is 0 Å². The Morgan fingerprint density at radius 1 is 0.923 bits per heavy atom. The lowest BCUT2D eigenvalue weighted by Crippen LogP contribution is -2.26. The lowest BCUT2D eigenvalue weighted by Gasteiger charge is -2.06. The molecule has 0 heterocycles. The Labute approximate surface area is 163 Å². The number of phenolic OH excluding ortho intramolecular Hbond substituents is 1. The number of carbonyl (C=O) groups is 1. The Balaban J connectivity index is 0.00000625. The maximum absolute atomic E-state index is 11.7. The number of carbonyl (C=O) groups excluding carboxylic acids is 1. The summed E-state index contributed by atoms with van der Waals surface area (Å²) in [6, 6.07) is 6.71. The van der Waals surface area contributed by atoms with Gasteiger partial charge in [0, 0.05) is 12.6 Å². The molecule has 0 aliphatic heterocycles. The zero-order chi connectivity index (χ0) is 18.2. The van der Waals surface area contributed by atoms with E-state index in [1.165, 1.54) is 6.08 Å². The number of halogens is 1. The van der Waals surface area contributed by atoms with Crippen LogP contribution in [0, 0.1) is 0 Å². The molecule has 0 bridgehead atoms. The summed E-state index contributed by atoms with van der Waals surface area (Å²) in [5.74, 6) is 0.119. The number of hydrogen-bond acceptors (Lipinski definition) is 5. The lowest BCUT2D eigenvalue weighted by molar-refractivity contribution is -0.116. The molecule has 0 saturated carbocycles. The molecule has 26 heavy (non-hydrogen) atoms. The number of nitrogens with two attached hydrogens (primary N) is 1. The minimum absolute atomic E-state index is 0. The summed E-state index contributed by atoms with van der Waals surface area (Å²) in [5, 5.41) is 18.8. The number of benzene rings is 1. The first-order valence-corrected chi connectivity index (χ1v) is 9.09. The van der Waals surface area contributed by atoms with Crippen LogP contribution in [0.5, 0.6) is 5.75 Å². The van der Waals surface area contributed by atoms with Crippen molar-refractivity contribution in [3.63, 3.8) is 0 Å². The fraction of sp³-hybridized carbons (Fsp3) is 0.526. The molecule has 0 fully saturated rings. The van der Waals surface area contributed by atoms with Crippen molar-refractivity contribution in [2.45, 2.75) is 25.7 Å². The molecule has 1 aromatic rings. The van der Waals surface area contributed by atoms with Gasteiger partial charge in [-0.15, -0.1) is 12.4 Å². The maximum atomic E-state index is 11.7. The number of rotatable bonds is 14. The van der Waals surface area contributed by atoms with Crippen LogP contribution in [0.2, 0.25) is 0 Å².